The summed E-state index contributed by atoms with van der Waals surface area (Å²) in [6, 6.07) is 4.84. The lowest BCUT2D eigenvalue weighted by Gasteiger charge is -2.25. The summed E-state index contributed by atoms with van der Waals surface area (Å²) < 4.78 is 62.5. The van der Waals surface area contributed by atoms with Gasteiger partial charge in [-0.05, 0) is 25.1 Å². The molecule has 0 saturated heterocycles. The van der Waals surface area contributed by atoms with Gasteiger partial charge in [-0.2, -0.15) is 13.2 Å². The number of rotatable bonds is 5. The third-order valence-corrected chi connectivity index (χ3v) is 5.12. The molecule has 0 aliphatic rings. The number of nitrogens with zero attached hydrogens (tertiary/aromatic N) is 1. The fraction of sp³-hybridized carbons (Fsp3) is 0.429. The van der Waals surface area contributed by atoms with Crippen LogP contribution in [0.25, 0.3) is 0 Å². The lowest BCUT2D eigenvalue weighted by Crippen LogP contribution is -2.49. The summed E-state index contributed by atoms with van der Waals surface area (Å²) in [7, 11) is -1.20. The normalized spacial score (nSPS) is 14.6. The quantitative estimate of drug-likeness (QED) is 0.622. The maximum atomic E-state index is 12.5. The van der Waals surface area contributed by atoms with Crippen molar-refractivity contribution in [3.8, 4) is 0 Å². The maximum absolute atomic E-state index is 12.5. The minimum Gasteiger partial charge on any atom is -0.380 e. The van der Waals surface area contributed by atoms with E-state index >= 15 is 0 Å². The van der Waals surface area contributed by atoms with Crippen LogP contribution < -0.4 is 10.9 Å². The Balaban J connectivity index is 2.80. The average molecular weight is 397 g/mol. The molecule has 0 unspecified atom stereocenters. The molecular formula is C14H18F3N3O5S. The van der Waals surface area contributed by atoms with Gasteiger partial charge in [-0.15, -0.1) is 0 Å². The molecule has 0 spiro atoms. The van der Waals surface area contributed by atoms with E-state index in [-0.39, 0.29) is 10.5 Å². The van der Waals surface area contributed by atoms with Gasteiger partial charge in [-0.3, -0.25) is 20.4 Å². The molecular weight excluding hydrogens is 379 g/mol. The van der Waals surface area contributed by atoms with Crippen molar-refractivity contribution in [2.24, 2.45) is 0 Å². The van der Waals surface area contributed by atoms with Crippen molar-refractivity contribution in [3.05, 3.63) is 29.8 Å². The van der Waals surface area contributed by atoms with Crippen LogP contribution in [-0.4, -0.2) is 55.5 Å². The molecule has 0 aliphatic heterocycles. The largest absolute Gasteiger partial charge is 0.417 e. The zero-order chi connectivity index (χ0) is 20.3. The molecule has 8 nitrogen and oxygen atoms in total. The Hall–Kier alpha value is -2.18. The molecule has 1 atom stereocenters. The summed E-state index contributed by atoms with van der Waals surface area (Å²) in [6.07, 6.45) is -6.35. The van der Waals surface area contributed by atoms with E-state index in [1.807, 2.05) is 5.43 Å². The van der Waals surface area contributed by atoms with Crippen LogP contribution in [0.15, 0.2) is 29.2 Å². The first-order valence-corrected chi connectivity index (χ1v) is 8.53. The Morgan fingerprint density at radius 1 is 1.19 bits per heavy atom. The number of amides is 2. The van der Waals surface area contributed by atoms with E-state index in [9.17, 15) is 36.3 Å². The van der Waals surface area contributed by atoms with E-state index < -0.39 is 40.0 Å². The minimum atomic E-state index is -5.02. The number of hydrogen-bond donors (Lipinski definition) is 3. The van der Waals surface area contributed by atoms with Crippen LogP contribution in [-0.2, 0) is 14.8 Å². The van der Waals surface area contributed by atoms with Crippen molar-refractivity contribution >= 4 is 21.8 Å². The summed E-state index contributed by atoms with van der Waals surface area (Å²) in [5.41, 5.74) is 0.182. The Bertz CT molecular complexity index is 791. The maximum Gasteiger partial charge on any atom is 0.417 e. The second-order valence-corrected chi connectivity index (χ2v) is 7.92. The van der Waals surface area contributed by atoms with Crippen LogP contribution in [0.4, 0.5) is 13.2 Å². The topological polar surface area (TPSA) is 116 Å². The van der Waals surface area contributed by atoms with Gasteiger partial charge in [0.1, 0.15) is 0 Å². The van der Waals surface area contributed by atoms with Gasteiger partial charge in [0, 0.05) is 19.7 Å². The smallest absolute Gasteiger partial charge is 0.380 e. The van der Waals surface area contributed by atoms with Crippen LogP contribution in [0.3, 0.4) is 0 Å². The van der Waals surface area contributed by atoms with Gasteiger partial charge in [-0.1, -0.05) is 6.07 Å². The Morgan fingerprint density at radius 3 is 2.27 bits per heavy atom. The minimum absolute atomic E-state index is 0.143. The number of nitrogens with one attached hydrogen (secondary N) is 2. The first-order valence-electron chi connectivity index (χ1n) is 7.09. The molecule has 1 aromatic carbocycles. The van der Waals surface area contributed by atoms with E-state index in [0.717, 1.165) is 10.4 Å². The van der Waals surface area contributed by atoms with Crippen molar-refractivity contribution in [1.82, 2.24) is 15.2 Å². The zero-order valence-corrected chi connectivity index (χ0v) is 14.9. The molecule has 2 amide bonds. The Kier molecular flexibility index (Phi) is 6.39. The second kappa shape index (κ2) is 7.60. The summed E-state index contributed by atoms with van der Waals surface area (Å²) in [6.45, 7) is 0.421. The highest BCUT2D eigenvalue weighted by molar-refractivity contribution is 7.89. The Morgan fingerprint density at radius 2 is 1.77 bits per heavy atom. The number of hydrazine groups is 1. The highest BCUT2D eigenvalue weighted by Crippen LogP contribution is 2.32. The standard InChI is InChI=1S/C14H18F3N3O5S/c1-13(23,14(15,16)17)8-11(21)18-19-12(22)9-5-4-6-10(7-9)26(24,25)20(2)3/h4-7,23H,8H2,1-3H3,(H,18,21)(H,19,22)/t13-/m0/s1. The summed E-state index contributed by atoms with van der Waals surface area (Å²) in [4.78, 5) is 23.2. The van der Waals surface area contributed by atoms with Gasteiger partial charge in [0.2, 0.25) is 15.9 Å². The summed E-state index contributed by atoms with van der Waals surface area (Å²) in [5.74, 6) is -2.22. The Labute approximate surface area is 148 Å². The van der Waals surface area contributed by atoms with Crippen molar-refractivity contribution in [1.29, 1.82) is 0 Å². The molecule has 26 heavy (non-hydrogen) atoms. The molecule has 0 bridgehead atoms. The molecule has 0 heterocycles. The number of hydrogen-bond acceptors (Lipinski definition) is 5. The molecule has 1 aromatic rings. The fourth-order valence-corrected chi connectivity index (χ4v) is 2.61. The van der Waals surface area contributed by atoms with Crippen LogP contribution in [0.5, 0.6) is 0 Å². The van der Waals surface area contributed by atoms with E-state index in [1.54, 1.807) is 5.43 Å². The van der Waals surface area contributed by atoms with Gasteiger partial charge >= 0.3 is 6.18 Å². The van der Waals surface area contributed by atoms with E-state index in [2.05, 4.69) is 0 Å². The van der Waals surface area contributed by atoms with Crippen molar-refractivity contribution in [2.75, 3.05) is 14.1 Å². The van der Waals surface area contributed by atoms with Crippen molar-refractivity contribution in [3.63, 3.8) is 0 Å². The number of carbonyl (C=O) groups excluding carboxylic acids is 2. The summed E-state index contributed by atoms with van der Waals surface area (Å²) >= 11 is 0. The number of carbonyl (C=O) groups is 2. The number of alkyl halides is 3. The lowest BCUT2D eigenvalue weighted by molar-refractivity contribution is -0.253. The van der Waals surface area contributed by atoms with Gasteiger partial charge in [0.15, 0.2) is 5.60 Å². The van der Waals surface area contributed by atoms with Gasteiger partial charge < -0.3 is 5.11 Å². The average Bonchev–Trinajstić information content (AvgIpc) is 2.51. The molecule has 3 N–H and O–H groups in total. The van der Waals surface area contributed by atoms with E-state index in [1.165, 1.54) is 32.3 Å². The van der Waals surface area contributed by atoms with E-state index in [4.69, 9.17) is 0 Å². The molecule has 0 aliphatic carbocycles. The predicted molar refractivity (Wildman–Crippen MR) is 84.2 cm³/mol. The number of benzene rings is 1. The van der Waals surface area contributed by atoms with Crippen LogP contribution in [0.2, 0.25) is 0 Å². The third-order valence-electron chi connectivity index (χ3n) is 3.31. The number of aliphatic hydroxyl groups is 1. The first-order chi connectivity index (χ1) is 11.7. The first kappa shape index (κ1) is 21.9. The van der Waals surface area contributed by atoms with Gasteiger partial charge in [-0.25, -0.2) is 12.7 Å². The lowest BCUT2D eigenvalue weighted by atomic mass is 10.0. The molecule has 0 saturated carbocycles. The molecule has 146 valence electrons. The summed E-state index contributed by atoms with van der Waals surface area (Å²) in [5, 5.41) is 9.21. The van der Waals surface area contributed by atoms with E-state index in [0.29, 0.717) is 6.92 Å². The predicted octanol–water partition coefficient (Wildman–Crippen LogP) is 0.401. The molecule has 0 radical (unpaired) electrons. The highest BCUT2D eigenvalue weighted by atomic mass is 32.2. The van der Waals surface area contributed by atoms with Crippen LogP contribution >= 0.6 is 0 Å². The number of sulfonamides is 1. The van der Waals surface area contributed by atoms with Gasteiger partial charge in [0.05, 0.1) is 11.3 Å². The molecule has 1 rings (SSSR count). The molecule has 0 fully saturated rings. The SMILES string of the molecule is CN(C)S(=O)(=O)c1cccc(C(=O)NNC(=O)C[C@](C)(O)C(F)(F)F)c1. The van der Waals surface area contributed by atoms with Gasteiger partial charge in [0.25, 0.3) is 5.91 Å². The van der Waals surface area contributed by atoms with Crippen molar-refractivity contribution < 1.29 is 36.3 Å². The molecule has 0 aromatic heterocycles. The third kappa shape index (κ3) is 5.16. The zero-order valence-electron chi connectivity index (χ0n) is 14.1. The second-order valence-electron chi connectivity index (χ2n) is 5.77. The number of halogens is 3. The highest BCUT2D eigenvalue weighted by Gasteiger charge is 2.51. The van der Waals surface area contributed by atoms with Crippen LogP contribution in [0.1, 0.15) is 23.7 Å². The van der Waals surface area contributed by atoms with Crippen molar-refractivity contribution in [2.45, 2.75) is 30.0 Å². The van der Waals surface area contributed by atoms with Crippen LogP contribution in [0, 0.1) is 0 Å². The monoisotopic (exact) mass is 397 g/mol. The molecule has 12 heteroatoms. The fourth-order valence-electron chi connectivity index (χ4n) is 1.66.